The summed E-state index contributed by atoms with van der Waals surface area (Å²) in [6.45, 7) is 6.89. The summed E-state index contributed by atoms with van der Waals surface area (Å²) in [7, 11) is 3.18. The van der Waals surface area contributed by atoms with Gasteiger partial charge in [-0.25, -0.2) is 0 Å². The van der Waals surface area contributed by atoms with Gasteiger partial charge in [-0.15, -0.1) is 16.4 Å². The summed E-state index contributed by atoms with van der Waals surface area (Å²) in [5.74, 6) is 2.19. The zero-order valence-electron chi connectivity index (χ0n) is 19.0. The van der Waals surface area contributed by atoms with Crippen LogP contribution < -0.4 is 19.5 Å². The Bertz CT molecular complexity index is 1080. The molecule has 172 valence electrons. The first-order valence-corrected chi connectivity index (χ1v) is 11.5. The topological polar surface area (TPSA) is 111 Å². The van der Waals surface area contributed by atoms with E-state index in [4.69, 9.17) is 14.2 Å². The highest BCUT2D eigenvalue weighted by molar-refractivity contribution is 7.21. The Hall–Kier alpha value is -2.88. The van der Waals surface area contributed by atoms with Crippen molar-refractivity contribution in [2.75, 3.05) is 19.5 Å². The summed E-state index contributed by atoms with van der Waals surface area (Å²) in [6.07, 6.45) is 4.18. The molecule has 0 atom stereocenters. The molecule has 1 amide bonds. The van der Waals surface area contributed by atoms with Crippen LogP contribution >= 0.6 is 11.3 Å². The van der Waals surface area contributed by atoms with Crippen LogP contribution in [0.5, 0.6) is 17.2 Å². The number of nitrogens with one attached hydrogen (secondary N) is 2. The van der Waals surface area contributed by atoms with Gasteiger partial charge in [-0.05, 0) is 48.3 Å². The lowest BCUT2D eigenvalue weighted by Crippen LogP contribution is -2.30. The number of tetrazole rings is 1. The molecule has 0 bridgehead atoms. The fraction of sp³-hybridized carbons (Fsp3) is 0.545. The quantitative estimate of drug-likeness (QED) is 0.551. The van der Waals surface area contributed by atoms with Crippen molar-refractivity contribution >= 4 is 33.3 Å². The van der Waals surface area contributed by atoms with Crippen LogP contribution in [0.2, 0.25) is 0 Å². The molecule has 1 aliphatic carbocycles. The Morgan fingerprint density at radius 2 is 1.81 bits per heavy atom. The van der Waals surface area contributed by atoms with Gasteiger partial charge in [-0.1, -0.05) is 25.9 Å². The number of fused-ring (bicyclic) bond motifs is 1. The third-order valence-corrected chi connectivity index (χ3v) is 7.24. The van der Waals surface area contributed by atoms with E-state index in [0.717, 1.165) is 35.8 Å². The molecule has 0 spiro atoms. The predicted molar refractivity (Wildman–Crippen MR) is 123 cm³/mol. The predicted octanol–water partition coefficient (Wildman–Crippen LogP) is 4.67. The lowest BCUT2D eigenvalue weighted by molar-refractivity contribution is 0.0874. The second kappa shape index (κ2) is 8.93. The van der Waals surface area contributed by atoms with Gasteiger partial charge in [0.1, 0.15) is 4.88 Å². The molecule has 0 radical (unpaired) electrons. The molecule has 1 fully saturated rings. The maximum Gasteiger partial charge on any atom is 0.272 e. The van der Waals surface area contributed by atoms with Gasteiger partial charge in [-0.2, -0.15) is 5.21 Å². The highest BCUT2D eigenvalue weighted by Crippen LogP contribution is 2.45. The van der Waals surface area contributed by atoms with E-state index in [1.54, 1.807) is 14.2 Å². The minimum atomic E-state index is -0.344. The molecule has 4 rings (SSSR count). The van der Waals surface area contributed by atoms with E-state index in [9.17, 15) is 4.79 Å². The van der Waals surface area contributed by atoms with Crippen molar-refractivity contribution in [1.29, 1.82) is 0 Å². The van der Waals surface area contributed by atoms with E-state index in [0.29, 0.717) is 33.5 Å². The fourth-order valence-corrected chi connectivity index (χ4v) is 5.30. The molecule has 0 unspecified atom stereocenters. The molecule has 0 saturated heterocycles. The van der Waals surface area contributed by atoms with Crippen molar-refractivity contribution < 1.29 is 19.0 Å². The maximum absolute atomic E-state index is 13.1. The van der Waals surface area contributed by atoms with E-state index in [-0.39, 0.29) is 18.0 Å². The maximum atomic E-state index is 13.1. The number of anilines is 1. The van der Waals surface area contributed by atoms with Crippen molar-refractivity contribution in [3.8, 4) is 17.2 Å². The summed E-state index contributed by atoms with van der Waals surface area (Å²) < 4.78 is 18.3. The van der Waals surface area contributed by atoms with E-state index >= 15 is 0 Å². The first-order valence-electron chi connectivity index (χ1n) is 10.7. The smallest absolute Gasteiger partial charge is 0.272 e. The summed E-state index contributed by atoms with van der Waals surface area (Å²) in [5.41, 5.74) is 0.291. The van der Waals surface area contributed by atoms with E-state index in [1.807, 2.05) is 12.1 Å². The van der Waals surface area contributed by atoms with E-state index in [2.05, 4.69) is 46.7 Å². The minimum Gasteiger partial charge on any atom is -0.493 e. The number of amides is 1. The standard InChI is InChI=1S/C22H29N5O4S/c1-22(2,3)12-6-8-13(9-7-12)31-18-14-10-15(29-4)16(30-5)11-17(14)32-19(18)20(28)23-21-24-26-27-25-21/h10-13H,6-9H2,1-5H3,(H2,23,24,25,26,27,28). The number of carbonyl (C=O) groups is 1. The van der Waals surface area contributed by atoms with Crippen LogP contribution in [0.25, 0.3) is 10.1 Å². The first kappa shape index (κ1) is 22.3. The number of thiophene rings is 1. The van der Waals surface area contributed by atoms with Gasteiger partial charge in [0.2, 0.25) is 0 Å². The molecule has 1 aliphatic rings. The highest BCUT2D eigenvalue weighted by atomic mass is 32.1. The van der Waals surface area contributed by atoms with Gasteiger partial charge in [0.25, 0.3) is 11.9 Å². The number of hydrogen-bond acceptors (Lipinski definition) is 8. The zero-order valence-corrected chi connectivity index (χ0v) is 19.8. The minimum absolute atomic E-state index is 0.0521. The number of ether oxygens (including phenoxy) is 3. The Morgan fingerprint density at radius 3 is 2.41 bits per heavy atom. The van der Waals surface area contributed by atoms with Crippen LogP contribution in [-0.4, -0.2) is 46.9 Å². The normalized spacial score (nSPS) is 19.0. The average molecular weight is 460 g/mol. The van der Waals surface area contributed by atoms with Crippen LogP contribution in [-0.2, 0) is 0 Å². The first-order chi connectivity index (χ1) is 15.3. The lowest BCUT2D eigenvalue weighted by Gasteiger charge is -2.37. The summed E-state index contributed by atoms with van der Waals surface area (Å²) >= 11 is 1.34. The SMILES string of the molecule is COc1cc2sc(C(=O)Nc3nn[nH]n3)c(OC3CCC(C(C)(C)C)CC3)c2cc1OC. The van der Waals surface area contributed by atoms with Gasteiger partial charge < -0.3 is 14.2 Å². The molecule has 2 N–H and O–H groups in total. The van der Waals surface area contributed by atoms with Crippen LogP contribution in [0.15, 0.2) is 12.1 Å². The Morgan fingerprint density at radius 1 is 1.12 bits per heavy atom. The fourth-order valence-electron chi connectivity index (χ4n) is 4.25. The number of hydrogen-bond donors (Lipinski definition) is 2. The monoisotopic (exact) mass is 459 g/mol. The molecule has 10 heteroatoms. The summed E-state index contributed by atoms with van der Waals surface area (Å²) in [6, 6.07) is 3.74. The molecule has 0 aliphatic heterocycles. The Labute approximate surface area is 190 Å². The molecule has 3 aromatic rings. The van der Waals surface area contributed by atoms with Crippen molar-refractivity contribution in [2.45, 2.75) is 52.6 Å². The molecule has 1 saturated carbocycles. The Balaban J connectivity index is 1.67. The highest BCUT2D eigenvalue weighted by Gasteiger charge is 2.32. The molecular formula is C22H29N5O4S. The molecular weight excluding hydrogens is 430 g/mol. The Kier molecular flexibility index (Phi) is 6.23. The van der Waals surface area contributed by atoms with Crippen LogP contribution in [0.1, 0.15) is 56.1 Å². The summed E-state index contributed by atoms with van der Waals surface area (Å²) in [4.78, 5) is 13.5. The van der Waals surface area contributed by atoms with E-state index in [1.165, 1.54) is 11.3 Å². The van der Waals surface area contributed by atoms with Crippen LogP contribution in [0, 0.1) is 11.3 Å². The average Bonchev–Trinajstić information content (AvgIpc) is 3.40. The van der Waals surface area contributed by atoms with Crippen LogP contribution in [0.3, 0.4) is 0 Å². The third kappa shape index (κ3) is 4.50. The number of carbonyl (C=O) groups excluding carboxylic acids is 1. The third-order valence-electron chi connectivity index (χ3n) is 6.11. The van der Waals surface area contributed by atoms with Gasteiger partial charge in [-0.3, -0.25) is 10.1 Å². The van der Waals surface area contributed by atoms with Gasteiger partial charge in [0.05, 0.1) is 20.3 Å². The number of benzene rings is 1. The molecule has 2 heterocycles. The van der Waals surface area contributed by atoms with Gasteiger partial charge in [0, 0.05) is 16.2 Å². The second-order valence-electron chi connectivity index (χ2n) is 9.11. The number of aromatic amines is 1. The molecule has 1 aromatic carbocycles. The number of rotatable bonds is 6. The van der Waals surface area contributed by atoms with Crippen molar-refractivity contribution in [3.63, 3.8) is 0 Å². The summed E-state index contributed by atoms with van der Waals surface area (Å²) in [5, 5.41) is 16.9. The molecule has 32 heavy (non-hydrogen) atoms. The van der Waals surface area contributed by atoms with Gasteiger partial charge >= 0.3 is 0 Å². The number of aromatic nitrogens is 4. The number of H-pyrrole nitrogens is 1. The number of nitrogens with zero attached hydrogens (tertiary/aromatic N) is 3. The molecule has 9 nitrogen and oxygen atoms in total. The van der Waals surface area contributed by atoms with Gasteiger partial charge in [0.15, 0.2) is 17.2 Å². The molecule has 2 aromatic heterocycles. The van der Waals surface area contributed by atoms with Crippen molar-refractivity contribution in [1.82, 2.24) is 20.6 Å². The van der Waals surface area contributed by atoms with E-state index < -0.39 is 0 Å². The van der Waals surface area contributed by atoms with Crippen molar-refractivity contribution in [3.05, 3.63) is 17.0 Å². The second-order valence-corrected chi connectivity index (χ2v) is 10.2. The zero-order chi connectivity index (χ0) is 22.9. The largest absolute Gasteiger partial charge is 0.493 e. The lowest BCUT2D eigenvalue weighted by atomic mass is 9.72. The van der Waals surface area contributed by atoms with Crippen molar-refractivity contribution in [2.24, 2.45) is 11.3 Å². The van der Waals surface area contributed by atoms with Crippen LogP contribution in [0.4, 0.5) is 5.95 Å². The number of methoxy groups -OCH3 is 2.